The van der Waals surface area contributed by atoms with Crippen molar-refractivity contribution in [3.05, 3.63) is 69.7 Å². The van der Waals surface area contributed by atoms with E-state index in [1.807, 2.05) is 0 Å². The van der Waals surface area contributed by atoms with Crippen molar-refractivity contribution in [2.24, 2.45) is 0 Å². The van der Waals surface area contributed by atoms with Crippen molar-refractivity contribution >= 4 is 15.9 Å². The largest absolute Gasteiger partial charge is 0.307 e. The minimum Gasteiger partial charge on any atom is -0.307 e. The standard InChI is InChI=1S/C19H22BrN/c1-13-3-5-16(6-4-13)17-11-19(12-17)21-14(2)15-7-9-18(20)10-8-15/h3-10,14,17,19,21H,11-12H2,1-2H3/t14-,17?,19?/m1/s1. The van der Waals surface area contributed by atoms with Gasteiger partial charge in [-0.1, -0.05) is 57.9 Å². The van der Waals surface area contributed by atoms with Crippen LogP contribution in [-0.4, -0.2) is 6.04 Å². The second-order valence-corrected chi connectivity index (χ2v) is 7.13. The van der Waals surface area contributed by atoms with E-state index in [4.69, 9.17) is 0 Å². The summed E-state index contributed by atoms with van der Waals surface area (Å²) >= 11 is 3.49. The van der Waals surface area contributed by atoms with Gasteiger partial charge in [0.15, 0.2) is 0 Å². The van der Waals surface area contributed by atoms with Gasteiger partial charge in [0.25, 0.3) is 0 Å². The number of hydrogen-bond donors (Lipinski definition) is 1. The molecule has 1 atom stereocenters. The van der Waals surface area contributed by atoms with E-state index in [1.165, 1.54) is 29.5 Å². The van der Waals surface area contributed by atoms with Crippen molar-refractivity contribution in [2.45, 2.75) is 44.7 Å². The van der Waals surface area contributed by atoms with Crippen molar-refractivity contribution in [3.63, 3.8) is 0 Å². The molecule has 1 nitrogen and oxygen atoms in total. The smallest absolute Gasteiger partial charge is 0.0294 e. The summed E-state index contributed by atoms with van der Waals surface area (Å²) in [6.07, 6.45) is 2.51. The van der Waals surface area contributed by atoms with Crippen LogP contribution < -0.4 is 5.32 Å². The number of benzene rings is 2. The van der Waals surface area contributed by atoms with Gasteiger partial charge in [-0.15, -0.1) is 0 Å². The third-order valence-electron chi connectivity index (χ3n) is 4.54. The van der Waals surface area contributed by atoms with Gasteiger partial charge in [0.2, 0.25) is 0 Å². The molecule has 1 fully saturated rings. The van der Waals surface area contributed by atoms with Crippen LogP contribution in [0.1, 0.15) is 48.4 Å². The van der Waals surface area contributed by atoms with E-state index in [2.05, 4.69) is 83.6 Å². The lowest BCUT2D eigenvalue weighted by Crippen LogP contribution is -2.41. The molecule has 21 heavy (non-hydrogen) atoms. The van der Waals surface area contributed by atoms with Crippen LogP contribution in [0.25, 0.3) is 0 Å². The highest BCUT2D eigenvalue weighted by molar-refractivity contribution is 9.10. The van der Waals surface area contributed by atoms with Crippen LogP contribution in [0.3, 0.4) is 0 Å². The first-order valence-electron chi connectivity index (χ1n) is 7.70. The van der Waals surface area contributed by atoms with Gasteiger partial charge >= 0.3 is 0 Å². The van der Waals surface area contributed by atoms with Gasteiger partial charge in [-0.25, -0.2) is 0 Å². The summed E-state index contributed by atoms with van der Waals surface area (Å²) in [6, 6.07) is 18.7. The van der Waals surface area contributed by atoms with Crippen LogP contribution in [0.4, 0.5) is 0 Å². The Hall–Kier alpha value is -1.12. The number of halogens is 1. The molecule has 0 bridgehead atoms. The van der Waals surface area contributed by atoms with Gasteiger partial charge in [0.1, 0.15) is 0 Å². The fraction of sp³-hybridized carbons (Fsp3) is 0.368. The van der Waals surface area contributed by atoms with Crippen LogP contribution in [-0.2, 0) is 0 Å². The van der Waals surface area contributed by atoms with Gasteiger partial charge in [0, 0.05) is 16.6 Å². The number of hydrogen-bond acceptors (Lipinski definition) is 1. The Labute approximate surface area is 135 Å². The van der Waals surface area contributed by atoms with Crippen molar-refractivity contribution in [1.82, 2.24) is 5.32 Å². The second kappa shape index (κ2) is 6.33. The molecule has 2 aromatic carbocycles. The van der Waals surface area contributed by atoms with E-state index < -0.39 is 0 Å². The zero-order valence-corrected chi connectivity index (χ0v) is 14.2. The molecule has 0 radical (unpaired) electrons. The predicted molar refractivity (Wildman–Crippen MR) is 92.6 cm³/mol. The maximum absolute atomic E-state index is 3.75. The predicted octanol–water partition coefficient (Wildman–Crippen LogP) is 5.35. The highest BCUT2D eigenvalue weighted by Gasteiger charge is 2.30. The van der Waals surface area contributed by atoms with Crippen LogP contribution in [0.15, 0.2) is 53.0 Å². The molecule has 1 saturated carbocycles. The Morgan fingerprint density at radius 1 is 1.00 bits per heavy atom. The second-order valence-electron chi connectivity index (χ2n) is 6.22. The lowest BCUT2D eigenvalue weighted by Gasteiger charge is -2.38. The summed E-state index contributed by atoms with van der Waals surface area (Å²) in [4.78, 5) is 0. The first-order valence-corrected chi connectivity index (χ1v) is 8.49. The molecule has 1 N–H and O–H groups in total. The van der Waals surface area contributed by atoms with E-state index in [1.54, 1.807) is 0 Å². The van der Waals surface area contributed by atoms with E-state index >= 15 is 0 Å². The number of nitrogens with one attached hydrogen (secondary N) is 1. The zero-order valence-electron chi connectivity index (χ0n) is 12.6. The molecule has 3 rings (SSSR count). The molecule has 0 spiro atoms. The molecule has 2 aromatic rings. The molecular weight excluding hydrogens is 322 g/mol. The minimum atomic E-state index is 0.419. The molecular formula is C19H22BrN. The van der Waals surface area contributed by atoms with Crippen molar-refractivity contribution < 1.29 is 0 Å². The zero-order chi connectivity index (χ0) is 14.8. The molecule has 110 valence electrons. The molecule has 1 aliphatic carbocycles. The molecule has 1 aliphatic rings. The third kappa shape index (κ3) is 3.56. The fourth-order valence-corrected chi connectivity index (χ4v) is 3.33. The summed E-state index contributed by atoms with van der Waals surface area (Å²) in [6.45, 7) is 4.40. The minimum absolute atomic E-state index is 0.419. The van der Waals surface area contributed by atoms with Crippen LogP contribution in [0, 0.1) is 6.92 Å². The molecule has 0 aromatic heterocycles. The average Bonchev–Trinajstić information content (AvgIpc) is 2.44. The monoisotopic (exact) mass is 343 g/mol. The molecule has 0 saturated heterocycles. The van der Waals surface area contributed by atoms with Crippen LogP contribution in [0.5, 0.6) is 0 Å². The van der Waals surface area contributed by atoms with Gasteiger partial charge in [-0.05, 0) is 55.9 Å². The first kappa shape index (κ1) is 14.8. The Morgan fingerprint density at radius 2 is 1.62 bits per heavy atom. The quantitative estimate of drug-likeness (QED) is 0.788. The molecule has 0 heterocycles. The van der Waals surface area contributed by atoms with Gasteiger partial charge in [0.05, 0.1) is 0 Å². The maximum Gasteiger partial charge on any atom is 0.0294 e. The summed E-state index contributed by atoms with van der Waals surface area (Å²) in [5.41, 5.74) is 4.20. The molecule has 0 amide bonds. The summed E-state index contributed by atoms with van der Waals surface area (Å²) in [5.74, 6) is 0.736. The topological polar surface area (TPSA) is 12.0 Å². The highest BCUT2D eigenvalue weighted by atomic mass is 79.9. The van der Waals surface area contributed by atoms with Crippen molar-refractivity contribution in [3.8, 4) is 0 Å². The summed E-state index contributed by atoms with van der Waals surface area (Å²) < 4.78 is 1.14. The SMILES string of the molecule is Cc1ccc(C2CC(N[C@H](C)c3ccc(Br)cc3)C2)cc1. The number of aryl methyl sites for hydroxylation is 1. The van der Waals surface area contributed by atoms with Crippen LogP contribution in [0.2, 0.25) is 0 Å². The Balaban J connectivity index is 1.52. The average molecular weight is 344 g/mol. The van der Waals surface area contributed by atoms with E-state index in [9.17, 15) is 0 Å². The maximum atomic E-state index is 3.75. The lowest BCUT2D eigenvalue weighted by atomic mass is 9.75. The molecule has 2 heteroatoms. The lowest BCUT2D eigenvalue weighted by molar-refractivity contribution is 0.271. The van der Waals surface area contributed by atoms with Gasteiger partial charge in [-0.2, -0.15) is 0 Å². The first-order chi connectivity index (χ1) is 10.1. The summed E-state index contributed by atoms with van der Waals surface area (Å²) in [5, 5.41) is 3.75. The Kier molecular flexibility index (Phi) is 4.46. The van der Waals surface area contributed by atoms with Crippen LogP contribution >= 0.6 is 15.9 Å². The Morgan fingerprint density at radius 3 is 2.24 bits per heavy atom. The van der Waals surface area contributed by atoms with Crippen molar-refractivity contribution in [1.29, 1.82) is 0 Å². The molecule has 0 unspecified atom stereocenters. The fourth-order valence-electron chi connectivity index (χ4n) is 3.07. The number of rotatable bonds is 4. The Bertz CT molecular complexity index is 582. The normalized spacial score (nSPS) is 22.6. The van der Waals surface area contributed by atoms with E-state index in [0.717, 1.165) is 10.4 Å². The highest BCUT2D eigenvalue weighted by Crippen LogP contribution is 2.38. The van der Waals surface area contributed by atoms with E-state index in [0.29, 0.717) is 12.1 Å². The summed E-state index contributed by atoms with van der Waals surface area (Å²) in [7, 11) is 0. The van der Waals surface area contributed by atoms with E-state index in [-0.39, 0.29) is 0 Å². The molecule has 0 aliphatic heterocycles. The third-order valence-corrected chi connectivity index (χ3v) is 5.07. The van der Waals surface area contributed by atoms with Crippen molar-refractivity contribution in [2.75, 3.05) is 0 Å². The van der Waals surface area contributed by atoms with Gasteiger partial charge < -0.3 is 5.32 Å². The van der Waals surface area contributed by atoms with Gasteiger partial charge in [-0.3, -0.25) is 0 Å².